The Labute approximate surface area is 97.4 Å². The van der Waals surface area contributed by atoms with Gasteiger partial charge in [0.2, 0.25) is 6.41 Å². The third kappa shape index (κ3) is 5.26. The van der Waals surface area contributed by atoms with E-state index in [0.29, 0.717) is 6.54 Å². The van der Waals surface area contributed by atoms with Crippen molar-refractivity contribution in [3.8, 4) is 0 Å². The topological polar surface area (TPSA) is 41.5 Å². The minimum atomic E-state index is -0.930. The van der Waals surface area contributed by atoms with Gasteiger partial charge in [-0.25, -0.2) is 0 Å². The number of benzene rings is 1. The highest BCUT2D eigenvalue weighted by Crippen LogP contribution is 2.09. The number of aliphatic hydroxyl groups excluding tert-OH is 1. The Morgan fingerprint density at radius 2 is 2.06 bits per heavy atom. The zero-order valence-corrected chi connectivity index (χ0v) is 10.4. The van der Waals surface area contributed by atoms with Crippen molar-refractivity contribution in [2.75, 3.05) is 0 Å². The second-order valence-electron chi connectivity index (χ2n) is 4.95. The van der Waals surface area contributed by atoms with Crippen LogP contribution in [0, 0.1) is 6.92 Å². The normalized spacial score (nSPS) is 13.8. The molecule has 1 unspecified atom stereocenters. The van der Waals surface area contributed by atoms with Gasteiger partial charge in [-0.3, -0.25) is 5.32 Å². The molecule has 1 aromatic carbocycles. The quantitative estimate of drug-likeness (QED) is 0.769. The molecule has 3 heteroatoms. The molecule has 0 aliphatic heterocycles. The van der Waals surface area contributed by atoms with E-state index in [2.05, 4.69) is 11.4 Å². The van der Waals surface area contributed by atoms with Gasteiger partial charge in [0, 0.05) is 6.54 Å². The molecule has 0 radical (unpaired) electrons. The highest BCUT2D eigenvalue weighted by atomic mass is 16.6. The molecule has 1 atom stereocenters. The molecule has 0 bridgehead atoms. The summed E-state index contributed by atoms with van der Waals surface area (Å²) in [4.78, 5) is 0. The summed E-state index contributed by atoms with van der Waals surface area (Å²) in [5.74, 6) is 0. The van der Waals surface area contributed by atoms with Gasteiger partial charge in [-0.2, -0.15) is 0 Å². The molecule has 16 heavy (non-hydrogen) atoms. The predicted molar refractivity (Wildman–Crippen MR) is 64.9 cm³/mol. The van der Waals surface area contributed by atoms with Crippen LogP contribution in [0.25, 0.3) is 0 Å². The Balaban J connectivity index is 2.40. The summed E-state index contributed by atoms with van der Waals surface area (Å²) in [6.45, 7) is 8.37. The summed E-state index contributed by atoms with van der Waals surface area (Å²) >= 11 is 0. The number of hydrogen-bond donors (Lipinski definition) is 2. The molecular formula is C13H21NO2. The first-order valence-electron chi connectivity index (χ1n) is 5.52. The van der Waals surface area contributed by atoms with E-state index in [1.807, 2.05) is 45.9 Å². The van der Waals surface area contributed by atoms with Gasteiger partial charge in [0.1, 0.15) is 0 Å². The predicted octanol–water partition coefficient (Wildman–Crippen LogP) is 2.18. The van der Waals surface area contributed by atoms with Crippen LogP contribution in [0.4, 0.5) is 0 Å². The van der Waals surface area contributed by atoms with Crippen LogP contribution in [0.5, 0.6) is 0 Å². The van der Waals surface area contributed by atoms with Crippen LogP contribution in [-0.2, 0) is 11.3 Å². The standard InChI is InChI=1S/C13H21NO2/c1-10-6-5-7-11(8-10)9-14-12(15)16-13(2,3)4/h5-8,12,14-15H,9H2,1-4H3. The van der Waals surface area contributed by atoms with Crippen molar-refractivity contribution in [3.05, 3.63) is 35.4 Å². The Bertz CT molecular complexity index is 331. The maximum Gasteiger partial charge on any atom is 0.214 e. The van der Waals surface area contributed by atoms with Crippen LogP contribution in [0.3, 0.4) is 0 Å². The van der Waals surface area contributed by atoms with E-state index in [4.69, 9.17) is 4.74 Å². The zero-order chi connectivity index (χ0) is 12.2. The lowest BCUT2D eigenvalue weighted by Crippen LogP contribution is -2.37. The smallest absolute Gasteiger partial charge is 0.214 e. The number of aliphatic hydroxyl groups is 1. The van der Waals surface area contributed by atoms with Gasteiger partial charge in [-0.15, -0.1) is 0 Å². The van der Waals surface area contributed by atoms with E-state index >= 15 is 0 Å². The highest BCUT2D eigenvalue weighted by Gasteiger charge is 2.15. The molecular weight excluding hydrogens is 202 g/mol. The Hall–Kier alpha value is -0.900. The number of rotatable bonds is 4. The molecule has 2 N–H and O–H groups in total. The first-order valence-corrected chi connectivity index (χ1v) is 5.52. The Morgan fingerprint density at radius 3 is 2.62 bits per heavy atom. The molecule has 0 fully saturated rings. The van der Waals surface area contributed by atoms with E-state index in [1.165, 1.54) is 5.56 Å². The fourth-order valence-corrected chi connectivity index (χ4v) is 1.40. The van der Waals surface area contributed by atoms with Crippen molar-refractivity contribution in [3.63, 3.8) is 0 Å². The molecule has 0 saturated heterocycles. The van der Waals surface area contributed by atoms with E-state index in [1.54, 1.807) is 0 Å². The summed E-state index contributed by atoms with van der Waals surface area (Å²) in [7, 11) is 0. The van der Waals surface area contributed by atoms with Gasteiger partial charge in [-0.05, 0) is 33.3 Å². The second-order valence-corrected chi connectivity index (χ2v) is 4.95. The van der Waals surface area contributed by atoms with Crippen molar-refractivity contribution < 1.29 is 9.84 Å². The molecule has 90 valence electrons. The van der Waals surface area contributed by atoms with Crippen LogP contribution < -0.4 is 5.32 Å². The average Bonchev–Trinajstić information content (AvgIpc) is 2.12. The van der Waals surface area contributed by atoms with Crippen molar-refractivity contribution in [2.24, 2.45) is 0 Å². The molecule has 0 aliphatic carbocycles. The average molecular weight is 223 g/mol. The van der Waals surface area contributed by atoms with E-state index in [-0.39, 0.29) is 5.60 Å². The lowest BCUT2D eigenvalue weighted by molar-refractivity contribution is -0.182. The SMILES string of the molecule is Cc1cccc(CNC(O)OC(C)(C)C)c1. The van der Waals surface area contributed by atoms with Crippen molar-refractivity contribution in [1.29, 1.82) is 0 Å². The summed E-state index contributed by atoms with van der Waals surface area (Å²) in [5.41, 5.74) is 2.00. The van der Waals surface area contributed by atoms with Crippen LogP contribution in [-0.4, -0.2) is 17.1 Å². The lowest BCUT2D eigenvalue weighted by atomic mass is 10.1. The van der Waals surface area contributed by atoms with Gasteiger partial charge in [0.15, 0.2) is 0 Å². The van der Waals surface area contributed by atoms with Gasteiger partial charge >= 0.3 is 0 Å². The van der Waals surface area contributed by atoms with Crippen LogP contribution in [0.2, 0.25) is 0 Å². The minimum Gasteiger partial charge on any atom is -0.356 e. The number of hydrogen-bond acceptors (Lipinski definition) is 3. The van der Waals surface area contributed by atoms with E-state index < -0.39 is 6.41 Å². The minimum absolute atomic E-state index is 0.348. The molecule has 0 spiro atoms. The molecule has 3 nitrogen and oxygen atoms in total. The van der Waals surface area contributed by atoms with Crippen molar-refractivity contribution in [1.82, 2.24) is 5.32 Å². The molecule has 0 aromatic heterocycles. The summed E-state index contributed by atoms with van der Waals surface area (Å²) in [6.07, 6.45) is -0.930. The fourth-order valence-electron chi connectivity index (χ4n) is 1.40. The largest absolute Gasteiger partial charge is 0.356 e. The zero-order valence-electron chi connectivity index (χ0n) is 10.4. The third-order valence-corrected chi connectivity index (χ3v) is 2.03. The fraction of sp³-hybridized carbons (Fsp3) is 0.538. The lowest BCUT2D eigenvalue weighted by Gasteiger charge is -2.24. The summed E-state index contributed by atoms with van der Waals surface area (Å²) in [5, 5.41) is 12.5. The summed E-state index contributed by atoms with van der Waals surface area (Å²) in [6, 6.07) is 8.15. The number of ether oxygens (including phenoxy) is 1. The van der Waals surface area contributed by atoms with Crippen LogP contribution in [0.15, 0.2) is 24.3 Å². The molecule has 1 rings (SSSR count). The van der Waals surface area contributed by atoms with E-state index in [9.17, 15) is 5.11 Å². The monoisotopic (exact) mass is 223 g/mol. The summed E-state index contributed by atoms with van der Waals surface area (Å²) < 4.78 is 5.33. The highest BCUT2D eigenvalue weighted by molar-refractivity contribution is 5.21. The molecule has 0 heterocycles. The van der Waals surface area contributed by atoms with Gasteiger partial charge in [0.05, 0.1) is 5.60 Å². The van der Waals surface area contributed by atoms with Crippen molar-refractivity contribution in [2.45, 2.75) is 46.3 Å². The molecule has 0 aliphatic rings. The first kappa shape index (κ1) is 13.2. The van der Waals surface area contributed by atoms with Crippen LogP contribution >= 0.6 is 0 Å². The Morgan fingerprint density at radius 1 is 1.38 bits per heavy atom. The second kappa shape index (κ2) is 5.43. The van der Waals surface area contributed by atoms with E-state index in [0.717, 1.165) is 5.56 Å². The molecule has 1 aromatic rings. The molecule has 0 amide bonds. The third-order valence-electron chi connectivity index (χ3n) is 2.03. The number of nitrogens with one attached hydrogen (secondary N) is 1. The van der Waals surface area contributed by atoms with Gasteiger partial charge < -0.3 is 9.84 Å². The van der Waals surface area contributed by atoms with Gasteiger partial charge in [-0.1, -0.05) is 29.8 Å². The molecule has 0 saturated carbocycles. The maximum atomic E-state index is 9.58. The maximum absolute atomic E-state index is 9.58. The van der Waals surface area contributed by atoms with Crippen molar-refractivity contribution >= 4 is 0 Å². The number of aryl methyl sites for hydroxylation is 1. The van der Waals surface area contributed by atoms with Gasteiger partial charge in [0.25, 0.3) is 0 Å². The Kier molecular flexibility index (Phi) is 4.47. The van der Waals surface area contributed by atoms with Crippen LogP contribution in [0.1, 0.15) is 31.9 Å². The first-order chi connectivity index (χ1) is 7.37.